The summed E-state index contributed by atoms with van der Waals surface area (Å²) < 4.78 is 26.8. The first kappa shape index (κ1) is 57.4. The molecule has 0 aliphatic carbocycles. The number of ether oxygens (including phenoxy) is 1. The molecule has 0 aromatic heterocycles. The van der Waals surface area contributed by atoms with E-state index in [-0.39, 0.29) is 12.8 Å². The number of hydrogen-bond acceptors (Lipinski definition) is 8. The van der Waals surface area contributed by atoms with E-state index in [1.165, 1.54) is 25.7 Å². The number of phosphoric acid groups is 1. The number of allylic oxidation sites excluding steroid dienone is 16. The zero-order chi connectivity index (χ0) is 44.9. The fraction of sp³-hybridized carbons (Fsp3) is 0.612. The molecule has 0 spiro atoms. The van der Waals surface area contributed by atoms with Gasteiger partial charge in [0.25, 0.3) is 0 Å². The lowest BCUT2D eigenvalue weighted by atomic mass is 10.1. The zero-order valence-electron chi connectivity index (χ0n) is 37.4. The van der Waals surface area contributed by atoms with Gasteiger partial charge >= 0.3 is 19.8 Å². The number of unbranched alkanes of at least 4 members (excludes halogenated alkanes) is 11. The Balaban J connectivity index is 4.02. The molecule has 0 radical (unpaired) electrons. The van der Waals surface area contributed by atoms with Gasteiger partial charge in [-0.1, -0.05) is 150 Å². The first-order valence-electron chi connectivity index (χ1n) is 22.8. The molecule has 0 rings (SSSR count). The number of carboxylic acids is 1. The van der Waals surface area contributed by atoms with E-state index in [1.54, 1.807) is 0 Å². The fourth-order valence-electron chi connectivity index (χ4n) is 5.58. The van der Waals surface area contributed by atoms with Gasteiger partial charge in [0.15, 0.2) is 6.04 Å². The van der Waals surface area contributed by atoms with Crippen molar-refractivity contribution < 1.29 is 47.8 Å². The summed E-state index contributed by atoms with van der Waals surface area (Å²) in [5, 5.41) is 21.8. The van der Waals surface area contributed by atoms with Gasteiger partial charge < -0.3 is 25.2 Å². The number of aliphatic hydroxyl groups is 1. The maximum Gasteiger partial charge on any atom is 0.472 e. The lowest BCUT2D eigenvalue weighted by molar-refractivity contribution is -0.147. The number of aliphatic hydroxyl groups excluding tert-OH is 1. The van der Waals surface area contributed by atoms with Crippen molar-refractivity contribution in [1.82, 2.24) is 5.32 Å². The lowest BCUT2D eigenvalue weighted by Gasteiger charge is -2.18. The van der Waals surface area contributed by atoms with Crippen LogP contribution in [0.2, 0.25) is 0 Å². The van der Waals surface area contributed by atoms with Crippen molar-refractivity contribution in [3.63, 3.8) is 0 Å². The number of aliphatic carboxylic acids is 1. The number of phosphoric ester groups is 1. The van der Waals surface area contributed by atoms with Crippen molar-refractivity contribution in [2.45, 2.75) is 174 Å². The predicted molar refractivity (Wildman–Crippen MR) is 249 cm³/mol. The molecular weight excluding hydrogens is 794 g/mol. The van der Waals surface area contributed by atoms with Crippen LogP contribution in [0, 0.1) is 0 Å². The highest BCUT2D eigenvalue weighted by molar-refractivity contribution is 7.47. The minimum absolute atomic E-state index is 0.0835. The van der Waals surface area contributed by atoms with Crippen LogP contribution in [0.4, 0.5) is 0 Å². The Morgan fingerprint density at radius 1 is 0.541 bits per heavy atom. The van der Waals surface area contributed by atoms with E-state index in [4.69, 9.17) is 13.8 Å². The molecule has 4 N–H and O–H groups in total. The van der Waals surface area contributed by atoms with Gasteiger partial charge in [0.2, 0.25) is 5.91 Å². The van der Waals surface area contributed by atoms with Crippen LogP contribution in [0.5, 0.6) is 0 Å². The third-order valence-electron chi connectivity index (χ3n) is 9.11. The first-order chi connectivity index (χ1) is 29.6. The van der Waals surface area contributed by atoms with Crippen LogP contribution in [-0.2, 0) is 32.7 Å². The number of nitrogens with one attached hydrogen (secondary N) is 1. The average Bonchev–Trinajstić information content (AvgIpc) is 3.24. The molecule has 0 aliphatic heterocycles. The fourth-order valence-corrected chi connectivity index (χ4v) is 6.35. The van der Waals surface area contributed by atoms with Crippen LogP contribution in [0.25, 0.3) is 0 Å². The van der Waals surface area contributed by atoms with E-state index in [1.807, 2.05) is 6.08 Å². The van der Waals surface area contributed by atoms with Crippen molar-refractivity contribution in [3.05, 3.63) is 97.2 Å². The summed E-state index contributed by atoms with van der Waals surface area (Å²) in [6, 6.07) is -1.58. The van der Waals surface area contributed by atoms with E-state index in [9.17, 15) is 34.1 Å². The van der Waals surface area contributed by atoms with E-state index < -0.39 is 57.6 Å². The summed E-state index contributed by atoms with van der Waals surface area (Å²) in [5.74, 6) is -2.46. The van der Waals surface area contributed by atoms with Gasteiger partial charge in [0.05, 0.1) is 13.2 Å². The van der Waals surface area contributed by atoms with Crippen LogP contribution < -0.4 is 5.32 Å². The Morgan fingerprint density at radius 2 is 0.951 bits per heavy atom. The Hall–Kier alpha value is -3.60. The summed E-state index contributed by atoms with van der Waals surface area (Å²) in [4.78, 5) is 46.0. The number of carbonyl (C=O) groups excluding carboxylic acids is 2. The summed E-state index contributed by atoms with van der Waals surface area (Å²) >= 11 is 0. The number of rotatable bonds is 41. The molecule has 12 heteroatoms. The molecular formula is C49H80NO10P. The number of amides is 1. The monoisotopic (exact) mass is 874 g/mol. The third-order valence-corrected chi connectivity index (χ3v) is 10.1. The molecule has 0 aromatic carbocycles. The molecule has 0 aromatic rings. The standard InChI is InChI=1S/C49H80NO10P/c1-3-5-7-9-11-13-15-17-19-21-22-23-24-25-26-28-30-32-34-36-38-40-47(52)50-46(49(54)55)44-60-61(56,57)59-43-45(51)42-58-48(53)41-39-37-35-33-31-29-27-20-18-16-14-12-10-8-6-4-2/h5,7,11,13-14,16-17,19-20,22-23,25-27,30,32,45-46,51H,3-4,6,8-10,12,15,18,21,24,28-29,31,33-44H2,1-2H3,(H,50,52)(H,54,55)(H,56,57)/b7-5-,13-11-,16-14-,19-17-,23-22-,26-25-,27-20-,32-30-. The number of esters is 1. The number of carboxylic acid groups (broad SMARTS) is 1. The molecule has 0 aliphatic rings. The predicted octanol–water partition coefficient (Wildman–Crippen LogP) is 12.1. The van der Waals surface area contributed by atoms with Crippen LogP contribution >= 0.6 is 7.82 Å². The van der Waals surface area contributed by atoms with E-state index in [0.29, 0.717) is 12.8 Å². The molecule has 346 valence electrons. The van der Waals surface area contributed by atoms with Gasteiger partial charge in [-0.15, -0.1) is 0 Å². The average molecular weight is 874 g/mol. The summed E-state index contributed by atoms with van der Waals surface area (Å²) in [5.41, 5.74) is 0. The second-order valence-electron chi connectivity index (χ2n) is 14.9. The number of hydrogen-bond donors (Lipinski definition) is 4. The van der Waals surface area contributed by atoms with Crippen molar-refractivity contribution in [1.29, 1.82) is 0 Å². The molecule has 0 saturated carbocycles. The Bertz CT molecular complexity index is 1400. The van der Waals surface area contributed by atoms with Crippen LogP contribution in [-0.4, -0.2) is 64.9 Å². The normalized spacial score (nSPS) is 14.6. The summed E-state index contributed by atoms with van der Waals surface area (Å²) in [6.07, 6.45) is 54.3. The quantitative estimate of drug-likeness (QED) is 0.0201. The first-order valence-corrected chi connectivity index (χ1v) is 24.3. The summed E-state index contributed by atoms with van der Waals surface area (Å²) in [7, 11) is -4.78. The highest BCUT2D eigenvalue weighted by Crippen LogP contribution is 2.43. The topological polar surface area (TPSA) is 169 Å². The third kappa shape index (κ3) is 42.9. The summed E-state index contributed by atoms with van der Waals surface area (Å²) in [6.45, 7) is 2.40. The minimum Gasteiger partial charge on any atom is -0.480 e. The van der Waals surface area contributed by atoms with Crippen molar-refractivity contribution in [2.24, 2.45) is 0 Å². The van der Waals surface area contributed by atoms with Gasteiger partial charge in [0, 0.05) is 12.8 Å². The van der Waals surface area contributed by atoms with Gasteiger partial charge in [0.1, 0.15) is 12.7 Å². The van der Waals surface area contributed by atoms with Gasteiger partial charge in [-0.3, -0.25) is 18.6 Å². The van der Waals surface area contributed by atoms with Gasteiger partial charge in [-0.2, -0.15) is 0 Å². The Labute approximate surface area is 368 Å². The molecule has 0 saturated heterocycles. The molecule has 0 fully saturated rings. The maximum atomic E-state index is 12.3. The Kier molecular flexibility index (Phi) is 40.5. The number of carbonyl (C=O) groups is 3. The van der Waals surface area contributed by atoms with Crippen molar-refractivity contribution in [2.75, 3.05) is 19.8 Å². The largest absolute Gasteiger partial charge is 0.480 e. The zero-order valence-corrected chi connectivity index (χ0v) is 38.3. The molecule has 0 bridgehead atoms. The van der Waals surface area contributed by atoms with Gasteiger partial charge in [-0.25, -0.2) is 9.36 Å². The molecule has 1 amide bonds. The van der Waals surface area contributed by atoms with Crippen molar-refractivity contribution in [3.8, 4) is 0 Å². The van der Waals surface area contributed by atoms with Crippen LogP contribution in [0.15, 0.2) is 97.2 Å². The molecule has 0 heterocycles. The highest BCUT2D eigenvalue weighted by Gasteiger charge is 2.28. The smallest absolute Gasteiger partial charge is 0.472 e. The van der Waals surface area contributed by atoms with Crippen LogP contribution in [0.3, 0.4) is 0 Å². The maximum absolute atomic E-state index is 12.3. The van der Waals surface area contributed by atoms with Crippen LogP contribution in [0.1, 0.15) is 162 Å². The highest BCUT2D eigenvalue weighted by atomic mass is 31.2. The second kappa shape index (κ2) is 43.1. The van der Waals surface area contributed by atoms with E-state index >= 15 is 0 Å². The van der Waals surface area contributed by atoms with E-state index in [2.05, 4.69) is 110 Å². The van der Waals surface area contributed by atoms with Gasteiger partial charge in [-0.05, 0) is 96.3 Å². The second-order valence-corrected chi connectivity index (χ2v) is 16.3. The van der Waals surface area contributed by atoms with E-state index in [0.717, 1.165) is 96.3 Å². The SMILES string of the molecule is CC/C=C\C/C=C\C/C=C\C/C=C\C/C=C\C/C=C\CCCCC(=O)NC(COP(=O)(O)OCC(O)COC(=O)CCCCCCC/C=C\C/C=C\CCCCCC)C(=O)O. The minimum atomic E-state index is -4.78. The molecule has 3 unspecified atom stereocenters. The van der Waals surface area contributed by atoms with Crippen molar-refractivity contribution >= 4 is 25.7 Å². The molecule has 3 atom stereocenters. The Morgan fingerprint density at radius 3 is 1.44 bits per heavy atom. The lowest BCUT2D eigenvalue weighted by Crippen LogP contribution is -2.43. The molecule has 61 heavy (non-hydrogen) atoms. The molecule has 11 nitrogen and oxygen atoms in total.